The molecule has 0 spiro atoms. The quantitative estimate of drug-likeness (QED) is 0.242. The zero-order chi connectivity index (χ0) is 29.7. The fourth-order valence-electron chi connectivity index (χ4n) is 6.24. The SMILES string of the molecule is Cc1ccc(C2c3[nH]c4ccccc4c3CC3C(=O)N(c4ccc(C(=O)NCCc5ccc(F)cc5)cc4)C(=O)N32)cc1. The number of H-pyrrole nitrogens is 1. The summed E-state index contributed by atoms with van der Waals surface area (Å²) in [6.45, 7) is 2.41. The molecule has 0 saturated carbocycles. The summed E-state index contributed by atoms with van der Waals surface area (Å²) in [6, 6.07) is 27.3. The third-order valence-electron chi connectivity index (χ3n) is 8.44. The monoisotopic (exact) mass is 572 g/mol. The Morgan fingerprint density at radius 1 is 0.930 bits per heavy atom. The van der Waals surface area contributed by atoms with E-state index in [9.17, 15) is 18.8 Å². The molecule has 1 fully saturated rings. The number of nitrogens with one attached hydrogen (secondary N) is 2. The molecule has 7 rings (SSSR count). The van der Waals surface area contributed by atoms with Crippen LogP contribution in [-0.4, -0.2) is 40.3 Å². The highest BCUT2D eigenvalue weighted by molar-refractivity contribution is 6.22. The van der Waals surface area contributed by atoms with Crippen LogP contribution in [0.3, 0.4) is 0 Å². The molecule has 7 nitrogen and oxygen atoms in total. The first-order valence-corrected chi connectivity index (χ1v) is 14.3. The van der Waals surface area contributed by atoms with Crippen LogP contribution < -0.4 is 10.2 Å². The largest absolute Gasteiger partial charge is 0.356 e. The van der Waals surface area contributed by atoms with Crippen LogP contribution in [-0.2, 0) is 17.6 Å². The first-order valence-electron chi connectivity index (χ1n) is 14.3. The molecule has 0 bridgehead atoms. The Morgan fingerprint density at radius 3 is 2.40 bits per heavy atom. The van der Waals surface area contributed by atoms with Crippen molar-refractivity contribution in [2.24, 2.45) is 0 Å². The maximum Gasteiger partial charge on any atom is 0.332 e. The molecule has 2 aliphatic heterocycles. The Bertz CT molecular complexity index is 1860. The number of aromatic nitrogens is 1. The fourth-order valence-corrected chi connectivity index (χ4v) is 6.24. The molecule has 4 amide bonds. The average Bonchev–Trinajstić information content (AvgIpc) is 3.51. The number of aryl methyl sites for hydroxylation is 1. The normalized spacial score (nSPS) is 17.7. The van der Waals surface area contributed by atoms with Gasteiger partial charge in [0.1, 0.15) is 17.9 Å². The van der Waals surface area contributed by atoms with E-state index in [-0.39, 0.29) is 23.7 Å². The minimum absolute atomic E-state index is 0.269. The number of rotatable bonds is 6. The zero-order valence-corrected chi connectivity index (χ0v) is 23.5. The Morgan fingerprint density at radius 2 is 1.65 bits per heavy atom. The molecule has 1 saturated heterocycles. The average molecular weight is 573 g/mol. The molecule has 3 heterocycles. The van der Waals surface area contributed by atoms with Gasteiger partial charge >= 0.3 is 6.03 Å². The highest BCUT2D eigenvalue weighted by Crippen LogP contribution is 2.44. The first-order chi connectivity index (χ1) is 20.9. The van der Waals surface area contributed by atoms with Crippen molar-refractivity contribution in [3.05, 3.63) is 136 Å². The standard InChI is InChI=1S/C35H29FN4O3/c1-21-6-10-23(11-7-21)32-31-28(27-4-2-3-5-29(27)38-31)20-30-34(42)39(35(43)40(30)32)26-16-12-24(13-17-26)33(41)37-19-18-22-8-14-25(36)15-9-22/h2-17,30,32,38H,18-20H2,1H3,(H,37,41). The van der Waals surface area contributed by atoms with Gasteiger partial charge in [0.25, 0.3) is 11.8 Å². The third-order valence-corrected chi connectivity index (χ3v) is 8.44. The number of nitrogens with zero attached hydrogens (tertiary/aromatic N) is 2. The molecule has 2 atom stereocenters. The number of imide groups is 1. The number of amides is 4. The van der Waals surface area contributed by atoms with Gasteiger partial charge in [0.2, 0.25) is 0 Å². The number of anilines is 1. The van der Waals surface area contributed by atoms with Gasteiger partial charge in [-0.1, -0.05) is 60.2 Å². The molecular weight excluding hydrogens is 543 g/mol. The number of carbonyl (C=O) groups excluding carboxylic acids is 3. The van der Waals surface area contributed by atoms with Crippen LogP contribution in [0.4, 0.5) is 14.9 Å². The van der Waals surface area contributed by atoms with E-state index < -0.39 is 12.1 Å². The van der Waals surface area contributed by atoms with Gasteiger partial charge in [-0.2, -0.15) is 0 Å². The number of aromatic amines is 1. The number of fused-ring (bicyclic) bond motifs is 4. The molecule has 2 unspecified atom stereocenters. The van der Waals surface area contributed by atoms with Gasteiger partial charge in [-0.3, -0.25) is 14.5 Å². The second-order valence-electron chi connectivity index (χ2n) is 11.1. The molecule has 8 heteroatoms. The van der Waals surface area contributed by atoms with Crippen molar-refractivity contribution < 1.29 is 18.8 Å². The Balaban J connectivity index is 1.15. The summed E-state index contributed by atoms with van der Waals surface area (Å²) in [5, 5.41) is 3.93. The van der Waals surface area contributed by atoms with Crippen LogP contribution in [0.2, 0.25) is 0 Å². The topological polar surface area (TPSA) is 85.5 Å². The minimum atomic E-state index is -0.653. The van der Waals surface area contributed by atoms with Gasteiger partial charge in [0, 0.05) is 35.1 Å². The summed E-state index contributed by atoms with van der Waals surface area (Å²) in [5.41, 5.74) is 6.76. The van der Waals surface area contributed by atoms with E-state index in [2.05, 4.69) is 16.4 Å². The maximum atomic E-state index is 14.1. The minimum Gasteiger partial charge on any atom is -0.356 e. The molecule has 0 aliphatic carbocycles. The summed E-state index contributed by atoms with van der Waals surface area (Å²) >= 11 is 0. The highest BCUT2D eigenvalue weighted by Gasteiger charge is 2.53. The lowest BCUT2D eigenvalue weighted by Crippen LogP contribution is -2.44. The molecule has 0 radical (unpaired) electrons. The zero-order valence-electron chi connectivity index (χ0n) is 23.5. The smallest absolute Gasteiger partial charge is 0.332 e. The van der Waals surface area contributed by atoms with Gasteiger partial charge in [0.05, 0.1) is 5.69 Å². The molecule has 2 aliphatic rings. The maximum absolute atomic E-state index is 14.1. The predicted molar refractivity (Wildman–Crippen MR) is 162 cm³/mol. The number of benzene rings is 4. The predicted octanol–water partition coefficient (Wildman–Crippen LogP) is 6.07. The van der Waals surface area contributed by atoms with Crippen molar-refractivity contribution in [2.45, 2.75) is 31.8 Å². The van der Waals surface area contributed by atoms with Crippen molar-refractivity contribution in [1.82, 2.24) is 15.2 Å². The number of halogens is 1. The summed E-state index contributed by atoms with van der Waals surface area (Å²) in [7, 11) is 0. The van der Waals surface area contributed by atoms with E-state index >= 15 is 0 Å². The number of para-hydroxylation sites is 1. The second kappa shape index (κ2) is 10.5. The van der Waals surface area contributed by atoms with E-state index in [4.69, 9.17) is 0 Å². The van der Waals surface area contributed by atoms with E-state index in [0.29, 0.717) is 30.6 Å². The van der Waals surface area contributed by atoms with Gasteiger partial charge in [-0.05, 0) is 72.5 Å². The Kier molecular flexibility index (Phi) is 6.54. The summed E-state index contributed by atoms with van der Waals surface area (Å²) < 4.78 is 13.1. The molecule has 2 N–H and O–H groups in total. The Hall–Kier alpha value is -5.24. The highest BCUT2D eigenvalue weighted by atomic mass is 19.1. The molecular formula is C35H29FN4O3. The summed E-state index contributed by atoms with van der Waals surface area (Å²) in [4.78, 5) is 47.2. The summed E-state index contributed by atoms with van der Waals surface area (Å²) in [6.07, 6.45) is 0.981. The molecule has 5 aromatic rings. The van der Waals surface area contributed by atoms with Crippen molar-refractivity contribution >= 4 is 34.4 Å². The van der Waals surface area contributed by atoms with Crippen molar-refractivity contribution in [1.29, 1.82) is 0 Å². The van der Waals surface area contributed by atoms with Crippen LogP contribution >= 0.6 is 0 Å². The molecule has 43 heavy (non-hydrogen) atoms. The van der Waals surface area contributed by atoms with Gasteiger partial charge in [-0.15, -0.1) is 0 Å². The summed E-state index contributed by atoms with van der Waals surface area (Å²) in [5.74, 6) is -0.851. The fraction of sp³-hybridized carbons (Fsp3) is 0.171. The lowest BCUT2D eigenvalue weighted by atomic mass is 9.88. The second-order valence-corrected chi connectivity index (χ2v) is 11.1. The number of hydrogen-bond donors (Lipinski definition) is 2. The van der Waals surface area contributed by atoms with Gasteiger partial charge < -0.3 is 10.3 Å². The van der Waals surface area contributed by atoms with Gasteiger partial charge in [0.15, 0.2) is 0 Å². The van der Waals surface area contributed by atoms with E-state index in [1.165, 1.54) is 17.0 Å². The van der Waals surface area contributed by atoms with Crippen molar-refractivity contribution in [3.63, 3.8) is 0 Å². The lowest BCUT2D eigenvalue weighted by Gasteiger charge is -2.36. The van der Waals surface area contributed by atoms with Crippen LogP contribution in [0.1, 0.15) is 44.3 Å². The van der Waals surface area contributed by atoms with Crippen molar-refractivity contribution in [3.8, 4) is 0 Å². The first kappa shape index (κ1) is 26.6. The van der Waals surface area contributed by atoms with Gasteiger partial charge in [-0.25, -0.2) is 14.1 Å². The van der Waals surface area contributed by atoms with E-state index in [0.717, 1.165) is 38.9 Å². The molecule has 214 valence electrons. The van der Waals surface area contributed by atoms with Crippen LogP contribution in [0.15, 0.2) is 97.1 Å². The number of carbonyl (C=O) groups is 3. The van der Waals surface area contributed by atoms with E-state index in [1.807, 2.05) is 49.4 Å². The molecule has 1 aromatic heterocycles. The Labute approximate surface area is 247 Å². The van der Waals surface area contributed by atoms with Crippen LogP contribution in [0.25, 0.3) is 10.9 Å². The van der Waals surface area contributed by atoms with Crippen LogP contribution in [0.5, 0.6) is 0 Å². The third kappa shape index (κ3) is 4.65. The van der Waals surface area contributed by atoms with E-state index in [1.54, 1.807) is 41.3 Å². The number of hydrogen-bond acceptors (Lipinski definition) is 3. The molecule has 4 aromatic carbocycles. The lowest BCUT2D eigenvalue weighted by molar-refractivity contribution is -0.120. The number of urea groups is 1. The van der Waals surface area contributed by atoms with Crippen molar-refractivity contribution in [2.75, 3.05) is 11.4 Å². The van der Waals surface area contributed by atoms with Crippen LogP contribution in [0, 0.1) is 12.7 Å².